The second-order valence-electron chi connectivity index (χ2n) is 6.39. The fraction of sp³-hybridized carbons (Fsp3) is 0.643. The summed E-state index contributed by atoms with van der Waals surface area (Å²) in [6.07, 6.45) is 2.22. The predicted molar refractivity (Wildman–Crippen MR) is 103 cm³/mol. The summed E-state index contributed by atoms with van der Waals surface area (Å²) in [6, 6.07) is 0. The molecule has 1 fully saturated rings. The molecule has 2 aliphatic heterocycles. The number of fused-ring (bicyclic) bond motifs is 1. The highest BCUT2D eigenvalue weighted by Crippen LogP contribution is 2.41. The van der Waals surface area contributed by atoms with Crippen LogP contribution >= 0.6 is 23.5 Å². The molecule has 1 amide bonds. The standard InChI is InChI=1S/C14H20N6O5S3/c15-28(24,25)5-3-1-2-4-19-14(16-17-18-19)27-8-9-7-26-11-6-10(21)20(11)12(9)13(22)23/h11H,1-8H2,(H,22,23)(H2,15,24,25). The Bertz CT molecular complexity index is 899. The number of aromatic nitrogens is 4. The van der Waals surface area contributed by atoms with E-state index in [1.54, 1.807) is 16.4 Å². The first kappa shape index (κ1) is 21.1. The van der Waals surface area contributed by atoms with Gasteiger partial charge in [0.25, 0.3) is 0 Å². The lowest BCUT2D eigenvalue weighted by Gasteiger charge is -2.43. The number of carboxylic acids is 1. The summed E-state index contributed by atoms with van der Waals surface area (Å²) >= 11 is 2.88. The van der Waals surface area contributed by atoms with Crippen molar-refractivity contribution in [2.24, 2.45) is 5.14 Å². The summed E-state index contributed by atoms with van der Waals surface area (Å²) in [7, 11) is -3.44. The number of carboxylic acid groups (broad SMARTS) is 1. The van der Waals surface area contributed by atoms with E-state index in [4.69, 9.17) is 5.14 Å². The summed E-state index contributed by atoms with van der Waals surface area (Å²) in [6.45, 7) is 0.520. The van der Waals surface area contributed by atoms with E-state index in [2.05, 4.69) is 15.5 Å². The predicted octanol–water partition coefficient (Wildman–Crippen LogP) is -0.132. The number of aryl methyl sites for hydroxylation is 1. The third kappa shape index (κ3) is 5.04. The third-order valence-corrected chi connectivity index (χ3v) is 7.49. The van der Waals surface area contributed by atoms with Crippen LogP contribution in [0.4, 0.5) is 0 Å². The van der Waals surface area contributed by atoms with E-state index in [1.165, 1.54) is 16.7 Å². The maximum absolute atomic E-state index is 11.8. The Kier molecular flexibility index (Phi) is 6.62. The van der Waals surface area contributed by atoms with Gasteiger partial charge in [0.15, 0.2) is 0 Å². The van der Waals surface area contributed by atoms with Crippen molar-refractivity contribution in [1.82, 2.24) is 25.1 Å². The Morgan fingerprint density at radius 2 is 2.14 bits per heavy atom. The minimum atomic E-state index is -3.44. The molecule has 1 atom stereocenters. The molecule has 11 nitrogen and oxygen atoms in total. The first-order valence-corrected chi connectivity index (χ1v) is 12.3. The van der Waals surface area contributed by atoms with Crippen LogP contribution in [0.15, 0.2) is 16.4 Å². The SMILES string of the molecule is NS(=O)(=O)CCCCCn1nnnc1SCC1=C(C(=O)O)N2C(=O)CC2SC1. The third-order valence-electron chi connectivity index (χ3n) is 4.31. The average molecular weight is 449 g/mol. The monoisotopic (exact) mass is 448 g/mol. The van der Waals surface area contributed by atoms with E-state index in [0.717, 1.165) is 0 Å². The molecule has 0 saturated carbocycles. The lowest BCUT2D eigenvalue weighted by Crippen LogP contribution is -2.54. The summed E-state index contributed by atoms with van der Waals surface area (Å²) in [5.74, 6) is -0.385. The molecule has 0 spiro atoms. The van der Waals surface area contributed by atoms with Gasteiger partial charge in [0.2, 0.25) is 21.1 Å². The van der Waals surface area contributed by atoms with Crippen LogP contribution < -0.4 is 5.14 Å². The van der Waals surface area contributed by atoms with E-state index in [1.807, 2.05) is 0 Å². The van der Waals surface area contributed by atoms with Crippen molar-refractivity contribution >= 4 is 45.4 Å². The Hall–Kier alpha value is -1.64. The van der Waals surface area contributed by atoms with Gasteiger partial charge in [-0.2, -0.15) is 0 Å². The summed E-state index contributed by atoms with van der Waals surface area (Å²) in [5, 5.41) is 26.5. The fourth-order valence-electron chi connectivity index (χ4n) is 2.92. The Labute approximate surface area is 170 Å². The Morgan fingerprint density at radius 1 is 1.36 bits per heavy atom. The lowest BCUT2D eigenvalue weighted by molar-refractivity contribution is -0.146. The number of rotatable bonds is 10. The maximum Gasteiger partial charge on any atom is 0.352 e. The molecule has 0 radical (unpaired) electrons. The summed E-state index contributed by atoms with van der Waals surface area (Å²) < 4.78 is 23.4. The van der Waals surface area contributed by atoms with Crippen molar-refractivity contribution in [2.45, 2.75) is 42.8 Å². The van der Waals surface area contributed by atoms with Crippen LogP contribution in [0.1, 0.15) is 25.7 Å². The largest absolute Gasteiger partial charge is 0.477 e. The number of hydrogen-bond donors (Lipinski definition) is 2. The number of unbranched alkanes of at least 4 members (excludes halogenated alkanes) is 2. The first-order chi connectivity index (χ1) is 13.3. The van der Waals surface area contributed by atoms with Crippen LogP contribution in [-0.2, 0) is 26.2 Å². The molecule has 2 aliphatic rings. The molecule has 1 saturated heterocycles. The van der Waals surface area contributed by atoms with Crippen LogP contribution in [0.3, 0.4) is 0 Å². The number of carbonyl (C=O) groups excluding carboxylic acids is 1. The smallest absolute Gasteiger partial charge is 0.352 e. The van der Waals surface area contributed by atoms with Gasteiger partial charge >= 0.3 is 5.97 Å². The van der Waals surface area contributed by atoms with E-state index in [-0.39, 0.29) is 22.7 Å². The van der Waals surface area contributed by atoms with Gasteiger partial charge in [-0.1, -0.05) is 18.2 Å². The maximum atomic E-state index is 11.8. The molecular weight excluding hydrogens is 428 g/mol. The van der Waals surface area contributed by atoms with Crippen LogP contribution in [0.5, 0.6) is 0 Å². The molecular formula is C14H20N6O5S3. The molecule has 1 aromatic rings. The second-order valence-corrected chi connectivity index (χ2v) is 10.2. The average Bonchev–Trinajstić information content (AvgIpc) is 3.05. The van der Waals surface area contributed by atoms with Crippen LogP contribution in [0.2, 0.25) is 0 Å². The van der Waals surface area contributed by atoms with Crippen LogP contribution in [0, 0.1) is 0 Å². The number of hydrogen-bond acceptors (Lipinski definition) is 9. The molecule has 0 aromatic carbocycles. The quantitative estimate of drug-likeness (QED) is 0.280. The van der Waals surface area contributed by atoms with Crippen LogP contribution in [0.25, 0.3) is 0 Å². The number of aliphatic carboxylic acids is 1. The Morgan fingerprint density at radius 3 is 2.82 bits per heavy atom. The highest BCUT2D eigenvalue weighted by molar-refractivity contribution is 8.00. The van der Waals surface area contributed by atoms with E-state index in [9.17, 15) is 23.1 Å². The van der Waals surface area contributed by atoms with Gasteiger partial charge < -0.3 is 5.11 Å². The minimum Gasteiger partial charge on any atom is -0.477 e. The van der Waals surface area contributed by atoms with Gasteiger partial charge in [-0.3, -0.25) is 9.69 Å². The molecule has 1 aromatic heterocycles. The summed E-state index contributed by atoms with van der Waals surface area (Å²) in [5.41, 5.74) is 0.754. The minimum absolute atomic E-state index is 0.0514. The zero-order valence-electron chi connectivity index (χ0n) is 14.9. The molecule has 3 N–H and O–H groups in total. The Balaban J connectivity index is 1.56. The van der Waals surface area contributed by atoms with E-state index in [0.29, 0.717) is 54.5 Å². The molecule has 3 heterocycles. The zero-order valence-corrected chi connectivity index (χ0v) is 17.3. The van der Waals surface area contributed by atoms with Crippen molar-refractivity contribution in [3.8, 4) is 0 Å². The fourth-order valence-corrected chi connectivity index (χ4v) is 5.84. The van der Waals surface area contributed by atoms with Gasteiger partial charge in [0.05, 0.1) is 17.5 Å². The zero-order chi connectivity index (χ0) is 20.3. The number of tetrazole rings is 1. The van der Waals surface area contributed by atoms with E-state index >= 15 is 0 Å². The molecule has 154 valence electrons. The number of primary sulfonamides is 1. The first-order valence-electron chi connectivity index (χ1n) is 8.54. The number of nitrogens with zero attached hydrogens (tertiary/aromatic N) is 5. The number of carbonyl (C=O) groups is 2. The van der Waals surface area contributed by atoms with Gasteiger partial charge in [-0.05, 0) is 28.8 Å². The number of sulfonamides is 1. The van der Waals surface area contributed by atoms with Gasteiger partial charge in [0.1, 0.15) is 5.70 Å². The number of β-lactam (4-membered cyclic amide) rings is 1. The number of amides is 1. The highest BCUT2D eigenvalue weighted by atomic mass is 32.2. The summed E-state index contributed by atoms with van der Waals surface area (Å²) in [4.78, 5) is 24.8. The van der Waals surface area contributed by atoms with E-state index < -0.39 is 16.0 Å². The molecule has 0 bridgehead atoms. The number of thioether (sulfide) groups is 2. The molecule has 3 rings (SSSR count). The molecule has 14 heteroatoms. The van der Waals surface area contributed by atoms with Crippen molar-refractivity contribution in [3.63, 3.8) is 0 Å². The van der Waals surface area contributed by atoms with Crippen molar-refractivity contribution in [2.75, 3.05) is 17.3 Å². The van der Waals surface area contributed by atoms with Gasteiger partial charge in [-0.25, -0.2) is 23.0 Å². The van der Waals surface area contributed by atoms with Gasteiger partial charge in [-0.15, -0.1) is 16.9 Å². The van der Waals surface area contributed by atoms with Crippen molar-refractivity contribution in [3.05, 3.63) is 11.3 Å². The topological polar surface area (TPSA) is 161 Å². The van der Waals surface area contributed by atoms with Gasteiger partial charge in [0, 0.05) is 18.1 Å². The number of nitrogens with two attached hydrogens (primary N) is 1. The normalized spacial score (nSPS) is 19.5. The molecule has 0 aliphatic carbocycles. The van der Waals surface area contributed by atoms with Crippen LogP contribution in [-0.4, -0.2) is 73.1 Å². The lowest BCUT2D eigenvalue weighted by atomic mass is 10.1. The molecule has 1 unspecified atom stereocenters. The molecule has 28 heavy (non-hydrogen) atoms. The second kappa shape index (κ2) is 8.80. The highest BCUT2D eigenvalue weighted by Gasteiger charge is 2.45. The van der Waals surface area contributed by atoms with Crippen molar-refractivity contribution < 1.29 is 23.1 Å². The van der Waals surface area contributed by atoms with Crippen molar-refractivity contribution in [1.29, 1.82) is 0 Å².